The van der Waals surface area contributed by atoms with Gasteiger partial charge in [0.2, 0.25) is 10.0 Å². The number of benzene rings is 1. The van der Waals surface area contributed by atoms with Gasteiger partial charge < -0.3 is 20.1 Å². The molecule has 0 saturated carbocycles. The number of sulfonamides is 1. The molecule has 3 heterocycles. The SMILES string of the molecule is Cc1cc(-c2cc(-c3cc(S(=O)(=O)N[C@@H]4COC[C@H]4O)ccc3C)cnc2N)on1. The third-order valence-electron chi connectivity index (χ3n) is 5.00. The number of aryl methyl sites for hydroxylation is 2. The summed E-state index contributed by atoms with van der Waals surface area (Å²) in [4.78, 5) is 4.32. The van der Waals surface area contributed by atoms with Crippen molar-refractivity contribution in [2.45, 2.75) is 30.9 Å². The van der Waals surface area contributed by atoms with Gasteiger partial charge in [0.25, 0.3) is 0 Å². The molecule has 1 fully saturated rings. The van der Waals surface area contributed by atoms with Crippen LogP contribution in [-0.4, -0.2) is 49.0 Å². The topological polar surface area (TPSA) is 141 Å². The molecule has 3 aromatic rings. The van der Waals surface area contributed by atoms with E-state index in [0.29, 0.717) is 28.1 Å². The van der Waals surface area contributed by atoms with E-state index in [9.17, 15) is 13.5 Å². The summed E-state index contributed by atoms with van der Waals surface area (Å²) in [7, 11) is -3.85. The van der Waals surface area contributed by atoms with Gasteiger partial charge in [-0.05, 0) is 43.2 Å². The molecule has 4 rings (SSSR count). The molecule has 158 valence electrons. The third-order valence-corrected chi connectivity index (χ3v) is 6.49. The lowest BCUT2D eigenvalue weighted by molar-refractivity contribution is 0.124. The molecule has 0 aliphatic carbocycles. The number of aromatic nitrogens is 2. The highest BCUT2D eigenvalue weighted by atomic mass is 32.2. The van der Waals surface area contributed by atoms with E-state index in [0.717, 1.165) is 5.56 Å². The zero-order chi connectivity index (χ0) is 21.5. The number of nitrogens with one attached hydrogen (secondary N) is 1. The Labute approximate surface area is 173 Å². The first-order chi connectivity index (χ1) is 14.2. The van der Waals surface area contributed by atoms with Gasteiger partial charge in [0.05, 0.1) is 41.5 Å². The van der Waals surface area contributed by atoms with Crippen LogP contribution in [-0.2, 0) is 14.8 Å². The fraction of sp³-hybridized carbons (Fsp3) is 0.300. The predicted octanol–water partition coefficient (Wildman–Crippen LogP) is 1.64. The molecule has 9 nitrogen and oxygen atoms in total. The lowest BCUT2D eigenvalue weighted by atomic mass is 10.00. The molecule has 0 unspecified atom stereocenters. The van der Waals surface area contributed by atoms with Crippen LogP contribution in [0.2, 0.25) is 0 Å². The van der Waals surface area contributed by atoms with Gasteiger partial charge in [-0.1, -0.05) is 11.2 Å². The number of nitrogens with two attached hydrogens (primary N) is 1. The van der Waals surface area contributed by atoms with Crippen molar-refractivity contribution < 1.29 is 22.8 Å². The van der Waals surface area contributed by atoms with E-state index in [1.807, 2.05) is 6.92 Å². The summed E-state index contributed by atoms with van der Waals surface area (Å²) in [5.74, 6) is 0.769. The molecule has 0 radical (unpaired) electrons. The first-order valence-electron chi connectivity index (χ1n) is 9.33. The maximum Gasteiger partial charge on any atom is 0.241 e. The maximum absolute atomic E-state index is 12.8. The van der Waals surface area contributed by atoms with E-state index in [1.54, 1.807) is 37.4 Å². The average Bonchev–Trinajstić information content (AvgIpc) is 3.30. The maximum atomic E-state index is 12.8. The van der Waals surface area contributed by atoms with Crippen LogP contribution in [0.25, 0.3) is 22.5 Å². The Balaban J connectivity index is 1.72. The predicted molar refractivity (Wildman–Crippen MR) is 110 cm³/mol. The Morgan fingerprint density at radius 3 is 2.63 bits per heavy atom. The van der Waals surface area contributed by atoms with Gasteiger partial charge in [0, 0.05) is 17.8 Å². The summed E-state index contributed by atoms with van der Waals surface area (Å²) in [6.07, 6.45) is 0.710. The number of pyridine rings is 1. The molecular weight excluding hydrogens is 408 g/mol. The van der Waals surface area contributed by atoms with Crippen LogP contribution in [0.4, 0.5) is 5.82 Å². The lowest BCUT2D eigenvalue weighted by Crippen LogP contribution is -2.42. The fourth-order valence-electron chi connectivity index (χ4n) is 3.31. The van der Waals surface area contributed by atoms with Gasteiger partial charge in [-0.3, -0.25) is 0 Å². The van der Waals surface area contributed by atoms with Crippen LogP contribution in [0.3, 0.4) is 0 Å². The molecule has 1 aromatic carbocycles. The Bertz CT molecular complexity index is 1190. The van der Waals surface area contributed by atoms with Gasteiger partial charge in [-0.2, -0.15) is 0 Å². The van der Waals surface area contributed by atoms with Crippen molar-refractivity contribution in [3.05, 3.63) is 47.8 Å². The highest BCUT2D eigenvalue weighted by molar-refractivity contribution is 7.89. The molecule has 0 bridgehead atoms. The molecular formula is C20H22N4O5S. The van der Waals surface area contributed by atoms with E-state index in [1.165, 1.54) is 6.07 Å². The average molecular weight is 430 g/mol. The molecule has 4 N–H and O–H groups in total. The zero-order valence-electron chi connectivity index (χ0n) is 16.5. The first-order valence-corrected chi connectivity index (χ1v) is 10.8. The Morgan fingerprint density at radius 1 is 1.17 bits per heavy atom. The number of aliphatic hydroxyl groups is 1. The van der Waals surface area contributed by atoms with Gasteiger partial charge in [-0.25, -0.2) is 18.1 Å². The Kier molecular flexibility index (Phi) is 5.33. The van der Waals surface area contributed by atoms with Crippen LogP contribution in [0, 0.1) is 13.8 Å². The quantitative estimate of drug-likeness (QED) is 0.555. The van der Waals surface area contributed by atoms with E-state index in [2.05, 4.69) is 14.9 Å². The summed E-state index contributed by atoms with van der Waals surface area (Å²) in [6, 6.07) is 7.68. The second kappa shape index (κ2) is 7.80. The highest BCUT2D eigenvalue weighted by Gasteiger charge is 2.31. The van der Waals surface area contributed by atoms with Gasteiger partial charge >= 0.3 is 0 Å². The smallest absolute Gasteiger partial charge is 0.241 e. The Morgan fingerprint density at radius 2 is 1.97 bits per heavy atom. The highest BCUT2D eigenvalue weighted by Crippen LogP contribution is 2.32. The van der Waals surface area contributed by atoms with Crippen molar-refractivity contribution >= 4 is 15.8 Å². The second-order valence-electron chi connectivity index (χ2n) is 7.30. The summed E-state index contributed by atoms with van der Waals surface area (Å²) in [6.45, 7) is 3.91. The van der Waals surface area contributed by atoms with Crippen LogP contribution in [0.1, 0.15) is 11.3 Å². The Hall–Kier alpha value is -2.79. The van der Waals surface area contributed by atoms with Crippen LogP contribution >= 0.6 is 0 Å². The fourth-order valence-corrected chi connectivity index (χ4v) is 4.59. The number of nitrogen functional groups attached to an aromatic ring is 1. The minimum atomic E-state index is -3.85. The molecule has 2 atom stereocenters. The first kappa shape index (κ1) is 20.5. The van der Waals surface area contributed by atoms with Gasteiger partial charge in [0.15, 0.2) is 5.76 Å². The minimum absolute atomic E-state index is 0.0797. The number of ether oxygens (including phenoxy) is 1. The standard InChI is InChI=1S/C20H22N4O5S/c1-11-3-4-14(30(26,27)24-17-9-28-10-18(17)25)7-15(11)13-6-16(20(21)22-8-13)19-5-12(2)23-29-19/h3-8,17-18,24-25H,9-10H2,1-2H3,(H2,21,22)/t17-,18-/m1/s1. The van der Waals surface area contributed by atoms with E-state index in [-0.39, 0.29) is 23.9 Å². The normalized spacial score (nSPS) is 19.3. The van der Waals surface area contributed by atoms with Crippen molar-refractivity contribution in [2.24, 2.45) is 0 Å². The summed E-state index contributed by atoms with van der Waals surface area (Å²) in [5, 5.41) is 13.7. The summed E-state index contributed by atoms with van der Waals surface area (Å²) < 4.78 is 38.6. The van der Waals surface area contributed by atoms with Crippen LogP contribution in [0.15, 0.2) is 45.9 Å². The number of hydrogen-bond acceptors (Lipinski definition) is 8. The van der Waals surface area contributed by atoms with Gasteiger partial charge in [-0.15, -0.1) is 0 Å². The molecule has 1 saturated heterocycles. The van der Waals surface area contributed by atoms with Crippen molar-refractivity contribution in [3.8, 4) is 22.5 Å². The number of hydrogen-bond donors (Lipinski definition) is 3. The van der Waals surface area contributed by atoms with Crippen LogP contribution in [0.5, 0.6) is 0 Å². The largest absolute Gasteiger partial charge is 0.389 e. The van der Waals surface area contributed by atoms with E-state index >= 15 is 0 Å². The van der Waals surface area contributed by atoms with Crippen molar-refractivity contribution in [2.75, 3.05) is 18.9 Å². The van der Waals surface area contributed by atoms with E-state index in [4.69, 9.17) is 15.0 Å². The van der Waals surface area contributed by atoms with Gasteiger partial charge in [0.1, 0.15) is 5.82 Å². The molecule has 2 aromatic heterocycles. The van der Waals surface area contributed by atoms with Crippen molar-refractivity contribution in [1.29, 1.82) is 0 Å². The number of rotatable bonds is 5. The molecule has 30 heavy (non-hydrogen) atoms. The monoisotopic (exact) mass is 430 g/mol. The van der Waals surface area contributed by atoms with Crippen molar-refractivity contribution in [3.63, 3.8) is 0 Å². The van der Waals surface area contributed by atoms with Crippen molar-refractivity contribution in [1.82, 2.24) is 14.9 Å². The molecule has 1 aliphatic rings. The summed E-state index contributed by atoms with van der Waals surface area (Å²) >= 11 is 0. The zero-order valence-corrected chi connectivity index (χ0v) is 17.3. The summed E-state index contributed by atoms with van der Waals surface area (Å²) in [5.41, 5.74) is 9.53. The molecule has 1 aliphatic heterocycles. The third kappa shape index (κ3) is 3.94. The number of aliphatic hydroxyl groups excluding tert-OH is 1. The second-order valence-corrected chi connectivity index (χ2v) is 9.01. The number of nitrogens with zero attached hydrogens (tertiary/aromatic N) is 2. The number of anilines is 1. The van der Waals surface area contributed by atoms with E-state index < -0.39 is 22.2 Å². The minimum Gasteiger partial charge on any atom is -0.389 e. The molecule has 0 spiro atoms. The van der Waals surface area contributed by atoms with Crippen LogP contribution < -0.4 is 10.5 Å². The lowest BCUT2D eigenvalue weighted by Gasteiger charge is -2.16. The molecule has 10 heteroatoms. The molecule has 0 amide bonds.